The van der Waals surface area contributed by atoms with Crippen molar-refractivity contribution in [2.45, 2.75) is 38.0 Å². The normalized spacial score (nSPS) is 19.7. The Morgan fingerprint density at radius 2 is 1.78 bits per heavy atom. The molecule has 0 heterocycles. The summed E-state index contributed by atoms with van der Waals surface area (Å²) in [5.74, 6) is -3.14. The third-order valence-electron chi connectivity index (χ3n) is 3.56. The molecule has 0 aliphatic heterocycles. The van der Waals surface area contributed by atoms with Gasteiger partial charge in [0.05, 0.1) is 5.56 Å². The molecule has 2 rings (SSSR count). The average Bonchev–Trinajstić information content (AvgIpc) is 2.33. The molecule has 0 radical (unpaired) electrons. The monoisotopic (exact) mass is 254 g/mol. The van der Waals surface area contributed by atoms with Crippen molar-refractivity contribution < 1.29 is 18.7 Å². The molecule has 0 spiro atoms. The van der Waals surface area contributed by atoms with Gasteiger partial charge in [-0.2, -0.15) is 0 Å². The highest BCUT2D eigenvalue weighted by molar-refractivity contribution is 5.87. The van der Waals surface area contributed by atoms with E-state index in [1.807, 2.05) is 0 Å². The molecule has 1 saturated carbocycles. The van der Waals surface area contributed by atoms with Crippen molar-refractivity contribution in [2.75, 3.05) is 0 Å². The lowest BCUT2D eigenvalue weighted by Gasteiger charge is -2.28. The number of aromatic carboxylic acids is 1. The molecule has 1 aliphatic carbocycles. The quantitative estimate of drug-likeness (QED) is 0.891. The van der Waals surface area contributed by atoms with Crippen molar-refractivity contribution in [3.05, 3.63) is 35.4 Å². The van der Waals surface area contributed by atoms with E-state index < -0.39 is 11.9 Å². The fourth-order valence-electron chi connectivity index (χ4n) is 2.42. The smallest absolute Gasteiger partial charge is 0.335 e. The number of halogens is 2. The van der Waals surface area contributed by atoms with E-state index in [9.17, 15) is 13.6 Å². The first-order valence-electron chi connectivity index (χ1n) is 6.16. The highest BCUT2D eigenvalue weighted by atomic mass is 19.3. The molecule has 1 N–H and O–H groups in total. The summed E-state index contributed by atoms with van der Waals surface area (Å²) >= 11 is 0. The Morgan fingerprint density at radius 3 is 2.28 bits per heavy atom. The zero-order valence-corrected chi connectivity index (χ0v) is 10.0. The van der Waals surface area contributed by atoms with E-state index >= 15 is 0 Å². The van der Waals surface area contributed by atoms with E-state index in [2.05, 4.69) is 0 Å². The standard InChI is InChI=1S/C14H16F2O2/c15-14(16)7-5-11(6-8-14)9-10-1-3-12(4-2-10)13(17)18/h1-4,11H,5-9H2,(H,17,18). The Kier molecular flexibility index (Phi) is 3.64. The van der Waals surface area contributed by atoms with Crippen LogP contribution in [0.25, 0.3) is 0 Å². The van der Waals surface area contributed by atoms with Crippen LogP contribution in [-0.4, -0.2) is 17.0 Å². The van der Waals surface area contributed by atoms with Gasteiger partial charge in [0, 0.05) is 12.8 Å². The Morgan fingerprint density at radius 1 is 1.22 bits per heavy atom. The second kappa shape index (κ2) is 5.04. The maximum absolute atomic E-state index is 13.0. The van der Waals surface area contributed by atoms with Crippen LogP contribution in [0.3, 0.4) is 0 Å². The number of benzene rings is 1. The molecule has 1 aromatic rings. The van der Waals surface area contributed by atoms with Crippen molar-refractivity contribution in [2.24, 2.45) is 5.92 Å². The first kappa shape index (κ1) is 13.0. The highest BCUT2D eigenvalue weighted by Gasteiger charge is 2.34. The molecule has 0 aromatic heterocycles. The summed E-state index contributed by atoms with van der Waals surface area (Å²) < 4.78 is 26.0. The topological polar surface area (TPSA) is 37.3 Å². The summed E-state index contributed by atoms with van der Waals surface area (Å²) in [5.41, 5.74) is 1.28. The average molecular weight is 254 g/mol. The summed E-state index contributed by atoms with van der Waals surface area (Å²) in [6.07, 6.45) is 1.81. The van der Waals surface area contributed by atoms with Crippen LogP contribution in [0, 0.1) is 5.92 Å². The molecule has 1 aromatic carbocycles. The number of hydrogen-bond acceptors (Lipinski definition) is 1. The number of hydrogen-bond donors (Lipinski definition) is 1. The Bertz CT molecular complexity index is 416. The predicted octanol–water partition coefficient (Wildman–Crippen LogP) is 3.75. The first-order valence-corrected chi connectivity index (χ1v) is 6.16. The molecule has 18 heavy (non-hydrogen) atoms. The Labute approximate surface area is 105 Å². The Hall–Kier alpha value is -1.45. The van der Waals surface area contributed by atoms with Crippen molar-refractivity contribution >= 4 is 5.97 Å². The molecular formula is C14H16F2O2. The van der Waals surface area contributed by atoms with Gasteiger partial charge in [0.15, 0.2) is 0 Å². The van der Waals surface area contributed by atoms with Gasteiger partial charge < -0.3 is 5.11 Å². The predicted molar refractivity (Wildman–Crippen MR) is 64.0 cm³/mol. The number of carboxylic acid groups (broad SMARTS) is 1. The van der Waals surface area contributed by atoms with Crippen LogP contribution < -0.4 is 0 Å². The lowest BCUT2D eigenvalue weighted by Crippen LogP contribution is -2.25. The summed E-state index contributed by atoms with van der Waals surface area (Å²) in [5, 5.41) is 8.77. The second-order valence-electron chi connectivity index (χ2n) is 5.01. The van der Waals surface area contributed by atoms with Gasteiger partial charge in [0.1, 0.15) is 0 Å². The van der Waals surface area contributed by atoms with Crippen LogP contribution >= 0.6 is 0 Å². The third-order valence-corrected chi connectivity index (χ3v) is 3.56. The van der Waals surface area contributed by atoms with Crippen LogP contribution in [0.15, 0.2) is 24.3 Å². The fraction of sp³-hybridized carbons (Fsp3) is 0.500. The third kappa shape index (κ3) is 3.28. The summed E-state index contributed by atoms with van der Waals surface area (Å²) in [7, 11) is 0. The van der Waals surface area contributed by atoms with Crippen LogP contribution in [0.1, 0.15) is 41.6 Å². The maximum Gasteiger partial charge on any atom is 0.335 e. The minimum Gasteiger partial charge on any atom is -0.478 e. The van der Waals surface area contributed by atoms with E-state index in [0.29, 0.717) is 18.8 Å². The Balaban J connectivity index is 1.92. The number of carboxylic acids is 1. The lowest BCUT2D eigenvalue weighted by atomic mass is 9.83. The molecule has 0 atom stereocenters. The zero-order valence-electron chi connectivity index (χ0n) is 10.0. The van der Waals surface area contributed by atoms with Gasteiger partial charge in [-0.15, -0.1) is 0 Å². The van der Waals surface area contributed by atoms with E-state index in [4.69, 9.17) is 5.11 Å². The number of alkyl halides is 2. The highest BCUT2D eigenvalue weighted by Crippen LogP contribution is 2.37. The molecular weight excluding hydrogens is 238 g/mol. The molecule has 1 fully saturated rings. The molecule has 2 nitrogen and oxygen atoms in total. The molecule has 98 valence electrons. The molecule has 1 aliphatic rings. The minimum absolute atomic E-state index is 0.0229. The largest absolute Gasteiger partial charge is 0.478 e. The summed E-state index contributed by atoms with van der Waals surface area (Å²) in [6, 6.07) is 6.68. The summed E-state index contributed by atoms with van der Waals surface area (Å²) in [4.78, 5) is 10.7. The van der Waals surface area contributed by atoms with Gasteiger partial charge in [0.25, 0.3) is 0 Å². The molecule has 0 saturated heterocycles. The number of rotatable bonds is 3. The molecule has 4 heteroatoms. The molecule has 0 unspecified atom stereocenters. The first-order chi connectivity index (χ1) is 8.46. The van der Waals surface area contributed by atoms with E-state index in [1.54, 1.807) is 24.3 Å². The number of carbonyl (C=O) groups is 1. The zero-order chi connectivity index (χ0) is 13.2. The SMILES string of the molecule is O=C(O)c1ccc(CC2CCC(F)(F)CC2)cc1. The fourth-order valence-corrected chi connectivity index (χ4v) is 2.42. The van der Waals surface area contributed by atoms with Crippen molar-refractivity contribution in [3.63, 3.8) is 0 Å². The lowest BCUT2D eigenvalue weighted by molar-refractivity contribution is -0.0456. The van der Waals surface area contributed by atoms with E-state index in [0.717, 1.165) is 12.0 Å². The van der Waals surface area contributed by atoms with Gasteiger partial charge in [-0.05, 0) is 42.9 Å². The van der Waals surface area contributed by atoms with E-state index in [1.165, 1.54) is 0 Å². The van der Waals surface area contributed by atoms with Gasteiger partial charge >= 0.3 is 5.97 Å². The molecule has 0 amide bonds. The van der Waals surface area contributed by atoms with Crippen molar-refractivity contribution in [3.8, 4) is 0 Å². The van der Waals surface area contributed by atoms with Gasteiger partial charge in [-0.25, -0.2) is 13.6 Å². The van der Waals surface area contributed by atoms with E-state index in [-0.39, 0.29) is 18.4 Å². The van der Waals surface area contributed by atoms with Crippen LogP contribution in [-0.2, 0) is 6.42 Å². The van der Waals surface area contributed by atoms with Gasteiger partial charge in [-0.3, -0.25) is 0 Å². The van der Waals surface area contributed by atoms with Gasteiger partial charge in [-0.1, -0.05) is 12.1 Å². The summed E-state index contributed by atoms with van der Waals surface area (Å²) in [6.45, 7) is 0. The van der Waals surface area contributed by atoms with Crippen molar-refractivity contribution in [1.82, 2.24) is 0 Å². The van der Waals surface area contributed by atoms with Crippen LogP contribution in [0.2, 0.25) is 0 Å². The second-order valence-corrected chi connectivity index (χ2v) is 5.01. The maximum atomic E-state index is 13.0. The van der Waals surface area contributed by atoms with Crippen LogP contribution in [0.5, 0.6) is 0 Å². The minimum atomic E-state index is -2.48. The van der Waals surface area contributed by atoms with Crippen molar-refractivity contribution in [1.29, 1.82) is 0 Å². The van der Waals surface area contributed by atoms with Gasteiger partial charge in [0.2, 0.25) is 5.92 Å². The molecule has 0 bridgehead atoms. The van der Waals surface area contributed by atoms with Crippen LogP contribution in [0.4, 0.5) is 8.78 Å².